The molecule has 0 nitrogen and oxygen atoms in total. The minimum Gasteiger partial charge on any atom is -0.0813 e. The van der Waals surface area contributed by atoms with Crippen molar-refractivity contribution in [3.63, 3.8) is 0 Å². The molecule has 0 radical (unpaired) electrons. The van der Waals surface area contributed by atoms with E-state index in [1.54, 1.807) is 0 Å². The molecule has 1 rings (SSSR count). The van der Waals surface area contributed by atoms with E-state index in [9.17, 15) is 0 Å². The van der Waals surface area contributed by atoms with Crippen LogP contribution in [0.2, 0.25) is 0 Å². The first-order valence-corrected chi connectivity index (χ1v) is 10.4. The molecule has 0 heteroatoms. The van der Waals surface area contributed by atoms with Gasteiger partial charge in [-0.1, -0.05) is 103 Å². The molecule has 0 saturated carbocycles. The van der Waals surface area contributed by atoms with Crippen LogP contribution in [0, 0.1) is 0 Å². The lowest BCUT2D eigenvalue weighted by Crippen LogP contribution is -1.96. The van der Waals surface area contributed by atoms with Gasteiger partial charge in [0, 0.05) is 0 Å². The Bertz CT molecular complexity index is 362. The molecule has 0 fully saturated rings. The molecule has 0 aromatic carbocycles. The highest BCUT2D eigenvalue weighted by Crippen LogP contribution is 2.28. The Morgan fingerprint density at radius 3 is 1.33 bits per heavy atom. The molecule has 0 aromatic heterocycles. The van der Waals surface area contributed by atoms with Crippen LogP contribution in [0.3, 0.4) is 0 Å². The topological polar surface area (TPSA) is 0 Å². The maximum atomic E-state index is 2.41. The van der Waals surface area contributed by atoms with Crippen molar-refractivity contribution >= 4 is 0 Å². The van der Waals surface area contributed by atoms with Gasteiger partial charge in [0.1, 0.15) is 0 Å². The van der Waals surface area contributed by atoms with Gasteiger partial charge in [0.05, 0.1) is 0 Å². The molecule has 0 amide bonds. The van der Waals surface area contributed by atoms with E-state index in [2.05, 4.69) is 52.0 Å². The fourth-order valence-electron chi connectivity index (χ4n) is 2.60. The largest absolute Gasteiger partial charge is 0.0813 e. The molecule has 140 valence electrons. The van der Waals surface area contributed by atoms with Crippen molar-refractivity contribution < 1.29 is 0 Å². The van der Waals surface area contributed by atoms with E-state index in [-0.39, 0.29) is 0 Å². The van der Waals surface area contributed by atoms with E-state index in [0.717, 1.165) is 0 Å². The molecular formula is C24H44. The second kappa shape index (κ2) is 18.3. The van der Waals surface area contributed by atoms with E-state index in [4.69, 9.17) is 0 Å². The summed E-state index contributed by atoms with van der Waals surface area (Å²) in [5, 5.41) is 0. The molecule has 0 aliphatic heterocycles. The predicted molar refractivity (Wildman–Crippen MR) is 115 cm³/mol. The molecule has 0 aromatic rings. The summed E-state index contributed by atoms with van der Waals surface area (Å²) in [6.45, 7) is 17.0. The zero-order valence-electron chi connectivity index (χ0n) is 18.0. The standard InChI is InChI=1S/C20H32.2C2H6/c1-5-7-9-11-17(3)19-13-15-20(16-14-19)18(4)12-10-8-6-2;2*1-2/h11-13,15H,5-10,14,16H2,1-4H3;2*1-2H3/b17-11+,18-12+;;. The highest BCUT2D eigenvalue weighted by Gasteiger charge is 2.08. The van der Waals surface area contributed by atoms with Crippen LogP contribution in [0.1, 0.15) is 107 Å². The van der Waals surface area contributed by atoms with Gasteiger partial charge in [0.15, 0.2) is 0 Å². The average molecular weight is 333 g/mol. The Labute approximate surface area is 153 Å². The van der Waals surface area contributed by atoms with E-state index in [1.807, 2.05) is 27.7 Å². The Balaban J connectivity index is 0. The summed E-state index contributed by atoms with van der Waals surface area (Å²) in [7, 11) is 0. The number of hydrogen-bond acceptors (Lipinski definition) is 0. The molecule has 0 heterocycles. The van der Waals surface area contributed by atoms with Crippen molar-refractivity contribution in [2.24, 2.45) is 0 Å². The maximum Gasteiger partial charge on any atom is -0.0236 e. The fraction of sp³-hybridized carbons (Fsp3) is 0.667. The zero-order valence-corrected chi connectivity index (χ0v) is 18.0. The van der Waals surface area contributed by atoms with Crippen LogP contribution in [-0.2, 0) is 0 Å². The van der Waals surface area contributed by atoms with Crippen molar-refractivity contribution in [3.05, 3.63) is 46.6 Å². The van der Waals surface area contributed by atoms with Gasteiger partial charge in [-0.15, -0.1) is 0 Å². The van der Waals surface area contributed by atoms with E-state index in [0.29, 0.717) is 0 Å². The normalized spacial score (nSPS) is 14.7. The Morgan fingerprint density at radius 2 is 1.08 bits per heavy atom. The van der Waals surface area contributed by atoms with Crippen LogP contribution in [0.25, 0.3) is 0 Å². The second-order valence-corrected chi connectivity index (χ2v) is 5.94. The van der Waals surface area contributed by atoms with Gasteiger partial charge in [-0.05, 0) is 50.7 Å². The third-order valence-corrected chi connectivity index (χ3v) is 4.18. The van der Waals surface area contributed by atoms with Crippen molar-refractivity contribution in [1.82, 2.24) is 0 Å². The molecule has 0 N–H and O–H groups in total. The van der Waals surface area contributed by atoms with Crippen LogP contribution in [-0.4, -0.2) is 0 Å². The molecular weight excluding hydrogens is 288 g/mol. The van der Waals surface area contributed by atoms with Crippen LogP contribution in [0.4, 0.5) is 0 Å². The van der Waals surface area contributed by atoms with Crippen molar-refractivity contribution in [2.75, 3.05) is 0 Å². The minimum atomic E-state index is 1.21. The summed E-state index contributed by atoms with van der Waals surface area (Å²) >= 11 is 0. The highest BCUT2D eigenvalue weighted by molar-refractivity contribution is 5.42. The lowest BCUT2D eigenvalue weighted by Gasteiger charge is -2.16. The Morgan fingerprint density at radius 1 is 0.750 bits per heavy atom. The number of allylic oxidation sites excluding steroid dienone is 8. The molecule has 0 atom stereocenters. The molecule has 0 unspecified atom stereocenters. The molecule has 24 heavy (non-hydrogen) atoms. The maximum absolute atomic E-state index is 2.41. The summed E-state index contributed by atoms with van der Waals surface area (Å²) in [6.07, 6.45) is 19.6. The first kappa shape index (κ1) is 25.2. The van der Waals surface area contributed by atoms with Crippen molar-refractivity contribution in [1.29, 1.82) is 0 Å². The van der Waals surface area contributed by atoms with Crippen molar-refractivity contribution in [3.8, 4) is 0 Å². The molecule has 1 aliphatic carbocycles. The van der Waals surface area contributed by atoms with Crippen molar-refractivity contribution in [2.45, 2.75) is 107 Å². The van der Waals surface area contributed by atoms with Gasteiger partial charge in [-0.3, -0.25) is 0 Å². The third-order valence-electron chi connectivity index (χ3n) is 4.18. The lowest BCUT2D eigenvalue weighted by atomic mass is 9.90. The van der Waals surface area contributed by atoms with Gasteiger partial charge >= 0.3 is 0 Å². The highest BCUT2D eigenvalue weighted by atomic mass is 14.1. The van der Waals surface area contributed by atoms with Crippen LogP contribution < -0.4 is 0 Å². The van der Waals surface area contributed by atoms with E-state index < -0.39 is 0 Å². The minimum absolute atomic E-state index is 1.21. The monoisotopic (exact) mass is 332 g/mol. The fourth-order valence-corrected chi connectivity index (χ4v) is 2.60. The Hall–Kier alpha value is -1.04. The van der Waals surface area contributed by atoms with Crippen LogP contribution in [0.15, 0.2) is 46.6 Å². The number of hydrogen-bond donors (Lipinski definition) is 0. The van der Waals surface area contributed by atoms with Gasteiger partial charge in [-0.25, -0.2) is 0 Å². The average Bonchev–Trinajstić information content (AvgIpc) is 2.65. The summed E-state index contributed by atoms with van der Waals surface area (Å²) < 4.78 is 0. The van der Waals surface area contributed by atoms with Gasteiger partial charge in [-0.2, -0.15) is 0 Å². The van der Waals surface area contributed by atoms with E-state index in [1.165, 1.54) is 73.7 Å². The second-order valence-electron chi connectivity index (χ2n) is 5.94. The van der Waals surface area contributed by atoms with Crippen LogP contribution >= 0.6 is 0 Å². The third kappa shape index (κ3) is 11.5. The number of unbranched alkanes of at least 4 members (excludes halogenated alkanes) is 4. The quantitative estimate of drug-likeness (QED) is 0.389. The molecule has 1 aliphatic rings. The SMILES string of the molecule is CC.CC.CCCC/C=C(\C)C1=CC=C(/C(C)=C/CCCC)CC1. The smallest absolute Gasteiger partial charge is 0.0236 e. The van der Waals surface area contributed by atoms with E-state index >= 15 is 0 Å². The molecule has 0 bridgehead atoms. The number of rotatable bonds is 8. The summed E-state index contributed by atoms with van der Waals surface area (Å²) in [5.41, 5.74) is 6.04. The van der Waals surface area contributed by atoms with Crippen LogP contribution in [0.5, 0.6) is 0 Å². The molecule has 0 spiro atoms. The zero-order chi connectivity index (χ0) is 18.8. The van der Waals surface area contributed by atoms with Gasteiger partial charge in [0.2, 0.25) is 0 Å². The van der Waals surface area contributed by atoms with Gasteiger partial charge < -0.3 is 0 Å². The summed E-state index contributed by atoms with van der Waals surface area (Å²) in [6, 6.07) is 0. The predicted octanol–water partition coefficient (Wildman–Crippen LogP) is 8.96. The Kier molecular flexibility index (Phi) is 19.2. The molecule has 0 saturated heterocycles. The first-order chi connectivity index (χ1) is 11.7. The lowest BCUT2D eigenvalue weighted by molar-refractivity contribution is 0.806. The summed E-state index contributed by atoms with van der Waals surface area (Å²) in [4.78, 5) is 0. The van der Waals surface area contributed by atoms with Gasteiger partial charge in [0.25, 0.3) is 0 Å². The summed E-state index contributed by atoms with van der Waals surface area (Å²) in [5.74, 6) is 0. The first-order valence-electron chi connectivity index (χ1n) is 10.4.